The van der Waals surface area contributed by atoms with Gasteiger partial charge in [0, 0.05) is 12.1 Å². The van der Waals surface area contributed by atoms with Gasteiger partial charge in [0.1, 0.15) is 17.3 Å². The number of phenolic OH excluding ortho intramolecular Hbond substituents is 1. The Kier molecular flexibility index (Phi) is 4.94. The molecule has 3 aromatic rings. The number of hydrogen-bond acceptors (Lipinski definition) is 5. The van der Waals surface area contributed by atoms with E-state index in [1.807, 2.05) is 60.7 Å². The van der Waals surface area contributed by atoms with Gasteiger partial charge >= 0.3 is 0 Å². The highest BCUT2D eigenvalue weighted by atomic mass is 16.5. The van der Waals surface area contributed by atoms with Crippen molar-refractivity contribution in [3.05, 3.63) is 83.9 Å². The number of carbonyl (C=O) groups is 1. The second-order valence-corrected chi connectivity index (χ2v) is 8.16. The van der Waals surface area contributed by atoms with Gasteiger partial charge in [-0.05, 0) is 59.9 Å². The number of carbonyl (C=O) groups excluding carboxylic acids is 1. The SMILES string of the molecule is COc1ccc(C2CC(=O)C3C(=Nc4ccccc4NC3c3ccc(O)cc3)C2)cc1. The Hall–Kier alpha value is -3.60. The normalized spacial score (nSPS) is 22.4. The highest BCUT2D eigenvalue weighted by Gasteiger charge is 2.41. The van der Waals surface area contributed by atoms with E-state index in [4.69, 9.17) is 9.73 Å². The van der Waals surface area contributed by atoms with Crippen LogP contribution in [0.4, 0.5) is 11.4 Å². The fourth-order valence-electron chi connectivity index (χ4n) is 4.67. The third-order valence-corrected chi connectivity index (χ3v) is 6.26. The second-order valence-electron chi connectivity index (χ2n) is 8.16. The van der Waals surface area contributed by atoms with Crippen molar-refractivity contribution in [1.82, 2.24) is 0 Å². The number of rotatable bonds is 3. The number of para-hydroxylation sites is 2. The van der Waals surface area contributed by atoms with Crippen LogP contribution in [0, 0.1) is 5.92 Å². The number of methoxy groups -OCH3 is 1. The number of fused-ring (bicyclic) bond motifs is 2. The molecule has 156 valence electrons. The van der Waals surface area contributed by atoms with Crippen LogP contribution in [0.15, 0.2) is 77.8 Å². The zero-order valence-electron chi connectivity index (χ0n) is 17.3. The predicted octanol–water partition coefficient (Wildman–Crippen LogP) is 5.40. The summed E-state index contributed by atoms with van der Waals surface area (Å²) in [5.74, 6) is 0.956. The standard InChI is InChI=1S/C26H24N2O3/c1-31-20-12-8-16(9-13-20)18-14-23-25(24(30)15-18)26(17-6-10-19(29)11-7-17)28-22-5-3-2-4-21(22)27-23/h2-13,18,25-26,28-29H,14-15H2,1H3. The van der Waals surface area contributed by atoms with Crippen molar-refractivity contribution in [3.8, 4) is 11.5 Å². The maximum atomic E-state index is 13.5. The number of anilines is 1. The van der Waals surface area contributed by atoms with Gasteiger partial charge in [0.05, 0.1) is 30.4 Å². The van der Waals surface area contributed by atoms with Crippen LogP contribution in [0.25, 0.3) is 0 Å². The number of phenols is 1. The summed E-state index contributed by atoms with van der Waals surface area (Å²) in [5.41, 5.74) is 4.77. The summed E-state index contributed by atoms with van der Waals surface area (Å²) >= 11 is 0. The first-order valence-electron chi connectivity index (χ1n) is 10.5. The zero-order chi connectivity index (χ0) is 21.4. The molecule has 0 saturated heterocycles. The topological polar surface area (TPSA) is 70.9 Å². The molecule has 0 spiro atoms. The van der Waals surface area contributed by atoms with Gasteiger partial charge in [0.25, 0.3) is 0 Å². The van der Waals surface area contributed by atoms with Crippen molar-refractivity contribution in [3.63, 3.8) is 0 Å². The molecule has 1 aliphatic carbocycles. The number of benzene rings is 3. The Balaban J connectivity index is 1.55. The molecule has 2 aliphatic rings. The minimum Gasteiger partial charge on any atom is -0.508 e. The Bertz CT molecular complexity index is 1140. The highest BCUT2D eigenvalue weighted by molar-refractivity contribution is 6.10. The minimum absolute atomic E-state index is 0.0964. The maximum Gasteiger partial charge on any atom is 0.144 e. The first-order chi connectivity index (χ1) is 15.1. The van der Waals surface area contributed by atoms with Gasteiger partial charge in [-0.3, -0.25) is 9.79 Å². The summed E-state index contributed by atoms with van der Waals surface area (Å²) in [6, 6.07) is 22.7. The smallest absolute Gasteiger partial charge is 0.144 e. The van der Waals surface area contributed by atoms with E-state index in [1.165, 1.54) is 0 Å². The second kappa shape index (κ2) is 7.91. The average molecular weight is 412 g/mol. The number of ether oxygens (including phenoxy) is 1. The van der Waals surface area contributed by atoms with Gasteiger partial charge in [-0.2, -0.15) is 0 Å². The molecule has 3 unspecified atom stereocenters. The van der Waals surface area contributed by atoms with Gasteiger partial charge in [-0.25, -0.2) is 0 Å². The van der Waals surface area contributed by atoms with Crippen molar-refractivity contribution in [2.24, 2.45) is 10.9 Å². The van der Waals surface area contributed by atoms with Crippen LogP contribution in [0.2, 0.25) is 0 Å². The molecule has 1 aliphatic heterocycles. The molecule has 0 aromatic heterocycles. The van der Waals surface area contributed by atoms with E-state index in [9.17, 15) is 9.90 Å². The monoisotopic (exact) mass is 412 g/mol. The largest absolute Gasteiger partial charge is 0.508 e. The Morgan fingerprint density at radius 2 is 1.65 bits per heavy atom. The zero-order valence-corrected chi connectivity index (χ0v) is 17.3. The van der Waals surface area contributed by atoms with Crippen LogP contribution in [-0.2, 0) is 4.79 Å². The van der Waals surface area contributed by atoms with E-state index in [0.717, 1.165) is 40.4 Å². The van der Waals surface area contributed by atoms with Crippen LogP contribution in [0.3, 0.4) is 0 Å². The summed E-state index contributed by atoms with van der Waals surface area (Å²) in [6.07, 6.45) is 1.20. The van der Waals surface area contributed by atoms with Crippen molar-refractivity contribution >= 4 is 22.9 Å². The van der Waals surface area contributed by atoms with Crippen LogP contribution in [0.1, 0.15) is 35.9 Å². The molecular formula is C26H24N2O3. The number of nitrogens with zero attached hydrogens (tertiary/aromatic N) is 1. The minimum atomic E-state index is -0.341. The number of ketones is 1. The first-order valence-corrected chi connectivity index (χ1v) is 10.5. The number of hydrogen-bond donors (Lipinski definition) is 2. The Labute approximate surface area is 181 Å². The van der Waals surface area contributed by atoms with E-state index in [-0.39, 0.29) is 29.4 Å². The third kappa shape index (κ3) is 3.67. The van der Waals surface area contributed by atoms with Gasteiger partial charge in [-0.15, -0.1) is 0 Å². The Morgan fingerprint density at radius 1 is 0.935 bits per heavy atom. The lowest BCUT2D eigenvalue weighted by atomic mass is 9.72. The maximum absolute atomic E-state index is 13.5. The van der Waals surface area contributed by atoms with E-state index in [2.05, 4.69) is 5.32 Å². The van der Waals surface area contributed by atoms with Crippen molar-refractivity contribution in [2.75, 3.05) is 12.4 Å². The van der Waals surface area contributed by atoms with Gasteiger partial charge in [-0.1, -0.05) is 36.4 Å². The third-order valence-electron chi connectivity index (χ3n) is 6.26. The molecule has 1 fully saturated rings. The van der Waals surface area contributed by atoms with E-state index in [1.54, 1.807) is 19.2 Å². The molecule has 5 rings (SSSR count). The van der Waals surface area contributed by atoms with Crippen LogP contribution in [-0.4, -0.2) is 23.7 Å². The first kappa shape index (κ1) is 19.4. The number of Topliss-reactive ketones (excluding diaryl/α,β-unsaturated/α-hetero) is 1. The van der Waals surface area contributed by atoms with Crippen LogP contribution in [0.5, 0.6) is 11.5 Å². The lowest BCUT2D eigenvalue weighted by Gasteiger charge is -2.34. The van der Waals surface area contributed by atoms with Gasteiger partial charge in [0.15, 0.2) is 0 Å². The number of aliphatic imine (C=N–C) groups is 1. The van der Waals surface area contributed by atoms with E-state index in [0.29, 0.717) is 6.42 Å². The summed E-state index contributed by atoms with van der Waals surface area (Å²) in [6.45, 7) is 0. The summed E-state index contributed by atoms with van der Waals surface area (Å²) in [5, 5.41) is 13.3. The number of nitrogens with one attached hydrogen (secondary N) is 1. The Morgan fingerprint density at radius 3 is 2.39 bits per heavy atom. The quantitative estimate of drug-likeness (QED) is 0.604. The molecule has 0 radical (unpaired) electrons. The van der Waals surface area contributed by atoms with E-state index < -0.39 is 0 Å². The molecule has 5 nitrogen and oxygen atoms in total. The molecule has 3 aromatic carbocycles. The fourth-order valence-corrected chi connectivity index (χ4v) is 4.67. The molecular weight excluding hydrogens is 388 g/mol. The highest BCUT2D eigenvalue weighted by Crippen LogP contribution is 2.44. The molecule has 31 heavy (non-hydrogen) atoms. The van der Waals surface area contributed by atoms with Crippen molar-refractivity contribution in [1.29, 1.82) is 0 Å². The fraction of sp³-hybridized carbons (Fsp3) is 0.231. The van der Waals surface area contributed by atoms with E-state index >= 15 is 0 Å². The lowest BCUT2D eigenvalue weighted by Crippen LogP contribution is -2.38. The van der Waals surface area contributed by atoms with Crippen LogP contribution >= 0.6 is 0 Å². The van der Waals surface area contributed by atoms with Gasteiger partial charge < -0.3 is 15.2 Å². The van der Waals surface area contributed by atoms with Crippen molar-refractivity contribution < 1.29 is 14.6 Å². The van der Waals surface area contributed by atoms with Gasteiger partial charge in [0.2, 0.25) is 0 Å². The van der Waals surface area contributed by atoms with Crippen molar-refractivity contribution in [2.45, 2.75) is 24.8 Å². The lowest BCUT2D eigenvalue weighted by molar-refractivity contribution is -0.122. The number of aromatic hydroxyl groups is 1. The molecule has 3 atom stereocenters. The average Bonchev–Trinajstić information content (AvgIpc) is 2.96. The summed E-state index contributed by atoms with van der Waals surface area (Å²) < 4.78 is 5.27. The van der Waals surface area contributed by atoms with Crippen LogP contribution < -0.4 is 10.1 Å². The predicted molar refractivity (Wildman–Crippen MR) is 121 cm³/mol. The molecule has 1 heterocycles. The summed E-state index contributed by atoms with van der Waals surface area (Å²) in [4.78, 5) is 18.5. The molecule has 5 heteroatoms. The molecule has 0 bridgehead atoms. The molecule has 0 amide bonds. The molecule has 2 N–H and O–H groups in total. The molecule has 1 saturated carbocycles. The summed E-state index contributed by atoms with van der Waals surface area (Å²) in [7, 11) is 1.65.